The molecule has 2 N–H and O–H groups in total. The van der Waals surface area contributed by atoms with Crippen molar-refractivity contribution in [1.29, 1.82) is 0 Å². The standard InChI is InChI=1S/C10H15FN2O5/c1-17-8(2-4-18-5-3-14)13-6-7(11)9(15)12-10(13)16/h6,8,14H,2-5H2,1H3,(H,12,15,16). The number of hydrogen-bond donors (Lipinski definition) is 2. The number of H-pyrrole nitrogens is 1. The highest BCUT2D eigenvalue weighted by Crippen LogP contribution is 2.09. The second-order valence-corrected chi connectivity index (χ2v) is 3.46. The molecule has 0 saturated heterocycles. The van der Waals surface area contributed by atoms with Gasteiger partial charge in [-0.2, -0.15) is 4.39 Å². The fraction of sp³-hybridized carbons (Fsp3) is 0.600. The highest BCUT2D eigenvalue weighted by Gasteiger charge is 2.13. The van der Waals surface area contributed by atoms with E-state index in [1.165, 1.54) is 7.11 Å². The van der Waals surface area contributed by atoms with E-state index in [9.17, 15) is 14.0 Å². The summed E-state index contributed by atoms with van der Waals surface area (Å²) >= 11 is 0. The minimum Gasteiger partial charge on any atom is -0.394 e. The van der Waals surface area contributed by atoms with E-state index in [0.29, 0.717) is 0 Å². The Kier molecular flexibility index (Phi) is 5.69. The molecule has 0 radical (unpaired) electrons. The molecule has 0 bridgehead atoms. The van der Waals surface area contributed by atoms with Gasteiger partial charge in [-0.1, -0.05) is 0 Å². The van der Waals surface area contributed by atoms with Gasteiger partial charge < -0.3 is 14.6 Å². The summed E-state index contributed by atoms with van der Waals surface area (Å²) in [4.78, 5) is 24.2. The summed E-state index contributed by atoms with van der Waals surface area (Å²) in [5.74, 6) is -1.06. The lowest BCUT2D eigenvalue weighted by molar-refractivity contribution is -0.000414. The molecule has 7 nitrogen and oxygen atoms in total. The van der Waals surface area contributed by atoms with Crippen molar-refractivity contribution in [3.8, 4) is 0 Å². The van der Waals surface area contributed by atoms with Gasteiger partial charge in [-0.3, -0.25) is 14.3 Å². The monoisotopic (exact) mass is 262 g/mol. The van der Waals surface area contributed by atoms with Gasteiger partial charge in [0.1, 0.15) is 6.23 Å². The Hall–Kier alpha value is -1.51. The van der Waals surface area contributed by atoms with Gasteiger partial charge in [-0.25, -0.2) is 4.79 Å². The van der Waals surface area contributed by atoms with Crippen LogP contribution in [0.2, 0.25) is 0 Å². The third-order valence-corrected chi connectivity index (χ3v) is 2.25. The fourth-order valence-electron chi connectivity index (χ4n) is 1.40. The van der Waals surface area contributed by atoms with E-state index < -0.39 is 23.3 Å². The molecular weight excluding hydrogens is 247 g/mol. The van der Waals surface area contributed by atoms with Gasteiger partial charge in [0.15, 0.2) is 0 Å². The molecule has 0 amide bonds. The molecule has 0 aliphatic rings. The lowest BCUT2D eigenvalue weighted by Gasteiger charge is -2.17. The highest BCUT2D eigenvalue weighted by molar-refractivity contribution is 4.88. The predicted octanol–water partition coefficient (Wildman–Crippen LogP) is -0.780. The van der Waals surface area contributed by atoms with Crippen LogP contribution in [0.4, 0.5) is 4.39 Å². The SMILES string of the molecule is COC(CCOCCO)n1cc(F)c(=O)[nH]c1=O. The maximum absolute atomic E-state index is 13.1. The maximum Gasteiger partial charge on any atom is 0.330 e. The molecule has 0 fully saturated rings. The lowest BCUT2D eigenvalue weighted by Crippen LogP contribution is -2.34. The average molecular weight is 262 g/mol. The molecule has 8 heteroatoms. The Morgan fingerprint density at radius 2 is 2.22 bits per heavy atom. The van der Waals surface area contributed by atoms with Crippen molar-refractivity contribution >= 4 is 0 Å². The van der Waals surface area contributed by atoms with Gasteiger partial charge in [0.05, 0.1) is 26.0 Å². The van der Waals surface area contributed by atoms with Crippen molar-refractivity contribution in [3.63, 3.8) is 0 Å². The van der Waals surface area contributed by atoms with Crippen LogP contribution in [-0.2, 0) is 9.47 Å². The van der Waals surface area contributed by atoms with Gasteiger partial charge in [0.25, 0.3) is 5.56 Å². The number of halogens is 1. The van der Waals surface area contributed by atoms with Crippen LogP contribution in [0.3, 0.4) is 0 Å². The van der Waals surface area contributed by atoms with Gasteiger partial charge in [-0.05, 0) is 0 Å². The molecule has 1 heterocycles. The number of methoxy groups -OCH3 is 1. The van der Waals surface area contributed by atoms with Crippen LogP contribution >= 0.6 is 0 Å². The minimum atomic E-state index is -1.07. The topological polar surface area (TPSA) is 93.5 Å². The molecule has 18 heavy (non-hydrogen) atoms. The number of rotatable bonds is 7. The zero-order valence-electron chi connectivity index (χ0n) is 9.89. The number of aromatic nitrogens is 2. The first-order valence-corrected chi connectivity index (χ1v) is 5.32. The first-order valence-electron chi connectivity index (χ1n) is 5.32. The second-order valence-electron chi connectivity index (χ2n) is 3.46. The molecular formula is C10H15FN2O5. The van der Waals surface area contributed by atoms with Crippen molar-refractivity contribution in [2.45, 2.75) is 12.6 Å². The number of nitrogens with one attached hydrogen (secondary N) is 1. The van der Waals surface area contributed by atoms with Gasteiger partial charge in [0, 0.05) is 13.5 Å². The summed E-state index contributed by atoms with van der Waals surface area (Å²) < 4.78 is 24.1. The van der Waals surface area contributed by atoms with Crippen LogP contribution in [0, 0.1) is 5.82 Å². The summed E-state index contributed by atoms with van der Waals surface area (Å²) in [5, 5.41) is 8.52. The first kappa shape index (κ1) is 14.6. The largest absolute Gasteiger partial charge is 0.394 e. The van der Waals surface area contributed by atoms with Crippen LogP contribution in [0.15, 0.2) is 15.8 Å². The molecule has 1 rings (SSSR count). The minimum absolute atomic E-state index is 0.106. The molecule has 0 aromatic carbocycles. The van der Waals surface area contributed by atoms with Crippen LogP contribution < -0.4 is 11.2 Å². The zero-order chi connectivity index (χ0) is 13.5. The smallest absolute Gasteiger partial charge is 0.330 e. The van der Waals surface area contributed by atoms with Crippen LogP contribution in [0.25, 0.3) is 0 Å². The third kappa shape index (κ3) is 3.76. The quantitative estimate of drug-likeness (QED) is 0.629. The molecule has 0 aliphatic carbocycles. The Labute approximate surface area is 102 Å². The highest BCUT2D eigenvalue weighted by atomic mass is 19.1. The van der Waals surface area contributed by atoms with Gasteiger partial charge in [-0.15, -0.1) is 0 Å². The van der Waals surface area contributed by atoms with Crippen molar-refractivity contribution in [3.05, 3.63) is 32.9 Å². The van der Waals surface area contributed by atoms with E-state index in [0.717, 1.165) is 10.8 Å². The Balaban J connectivity index is 2.79. The van der Waals surface area contributed by atoms with Crippen molar-refractivity contribution in [1.82, 2.24) is 9.55 Å². The fourth-order valence-corrected chi connectivity index (χ4v) is 1.40. The molecule has 1 aromatic heterocycles. The Bertz CT molecular complexity index is 484. The number of nitrogens with zero attached hydrogens (tertiary/aromatic N) is 1. The summed E-state index contributed by atoms with van der Waals surface area (Å²) in [6, 6.07) is 0. The van der Waals surface area contributed by atoms with E-state index in [1.54, 1.807) is 0 Å². The molecule has 1 aromatic rings. The molecule has 0 aliphatic heterocycles. The van der Waals surface area contributed by atoms with E-state index in [4.69, 9.17) is 14.6 Å². The van der Waals surface area contributed by atoms with E-state index in [-0.39, 0.29) is 26.2 Å². The predicted molar refractivity (Wildman–Crippen MR) is 59.8 cm³/mol. The molecule has 1 unspecified atom stereocenters. The summed E-state index contributed by atoms with van der Waals surface area (Å²) in [6.45, 7) is 0.294. The molecule has 0 spiro atoms. The van der Waals surface area contributed by atoms with Crippen molar-refractivity contribution < 1.29 is 19.0 Å². The van der Waals surface area contributed by atoms with Crippen LogP contribution in [0.5, 0.6) is 0 Å². The number of ether oxygens (including phenoxy) is 2. The van der Waals surface area contributed by atoms with Crippen LogP contribution in [-0.4, -0.2) is 41.6 Å². The van der Waals surface area contributed by atoms with Crippen molar-refractivity contribution in [2.75, 3.05) is 26.9 Å². The maximum atomic E-state index is 13.1. The van der Waals surface area contributed by atoms with Crippen molar-refractivity contribution in [2.24, 2.45) is 0 Å². The summed E-state index contributed by atoms with van der Waals surface area (Å²) in [6.07, 6.45) is 0.325. The van der Waals surface area contributed by atoms with Gasteiger partial charge >= 0.3 is 5.69 Å². The van der Waals surface area contributed by atoms with Crippen LogP contribution in [0.1, 0.15) is 12.6 Å². The third-order valence-electron chi connectivity index (χ3n) is 2.25. The normalized spacial score (nSPS) is 12.6. The molecule has 0 saturated carbocycles. The number of aliphatic hydroxyl groups is 1. The van der Waals surface area contributed by atoms with Gasteiger partial charge in [0.2, 0.25) is 5.82 Å². The van der Waals surface area contributed by atoms with E-state index in [1.807, 2.05) is 4.98 Å². The summed E-state index contributed by atoms with van der Waals surface area (Å²) in [7, 11) is 1.35. The summed E-state index contributed by atoms with van der Waals surface area (Å²) in [5.41, 5.74) is -1.82. The zero-order valence-corrected chi connectivity index (χ0v) is 9.89. The number of hydrogen-bond acceptors (Lipinski definition) is 5. The average Bonchev–Trinajstić information content (AvgIpc) is 2.35. The van der Waals surface area contributed by atoms with E-state index in [2.05, 4.69) is 0 Å². The second kappa shape index (κ2) is 7.04. The van der Waals surface area contributed by atoms with E-state index >= 15 is 0 Å². The first-order chi connectivity index (χ1) is 8.60. The lowest BCUT2D eigenvalue weighted by atomic mass is 10.4. The Morgan fingerprint density at radius 1 is 1.50 bits per heavy atom. The molecule has 1 atom stereocenters. The number of aromatic amines is 1. The number of aliphatic hydroxyl groups excluding tert-OH is 1. The molecule has 102 valence electrons. The Morgan fingerprint density at radius 3 is 2.83 bits per heavy atom.